The molecule has 3 heteroatoms. The van der Waals surface area contributed by atoms with Gasteiger partial charge in [-0.3, -0.25) is 4.79 Å². The zero-order valence-electron chi connectivity index (χ0n) is 8.14. The number of ether oxygens (including phenoxy) is 1. The molecule has 0 amide bonds. The molecule has 1 unspecified atom stereocenters. The number of ketones is 1. The van der Waals surface area contributed by atoms with Crippen LogP contribution < -0.4 is 0 Å². The van der Waals surface area contributed by atoms with Crippen molar-refractivity contribution in [3.63, 3.8) is 0 Å². The number of aliphatic hydroxyl groups excluding tert-OH is 1. The molecule has 0 aromatic heterocycles. The Labute approximate surface area is 83.3 Å². The molecule has 0 aliphatic heterocycles. The van der Waals surface area contributed by atoms with Gasteiger partial charge in [0.1, 0.15) is 12.7 Å². The first kappa shape index (κ1) is 10.9. The van der Waals surface area contributed by atoms with Crippen LogP contribution in [0.15, 0.2) is 30.3 Å². The molecule has 0 bridgehead atoms. The molecule has 0 fully saturated rings. The van der Waals surface area contributed by atoms with Crippen LogP contribution in [0.2, 0.25) is 0 Å². The normalized spacial score (nSPS) is 12.4. The highest BCUT2D eigenvalue weighted by molar-refractivity contribution is 5.83. The molecule has 0 radical (unpaired) electrons. The van der Waals surface area contributed by atoms with Crippen molar-refractivity contribution < 1.29 is 14.6 Å². The highest BCUT2D eigenvalue weighted by atomic mass is 16.5. The second-order valence-corrected chi connectivity index (χ2v) is 3.12. The molecular weight excluding hydrogens is 180 g/mol. The predicted octanol–water partition coefficient (Wildman–Crippen LogP) is 1.15. The molecule has 0 saturated heterocycles. The predicted molar refractivity (Wildman–Crippen MR) is 52.8 cm³/mol. The minimum absolute atomic E-state index is 0.0352. The summed E-state index contributed by atoms with van der Waals surface area (Å²) in [5.74, 6) is -0.291. The first-order valence-corrected chi connectivity index (χ1v) is 4.52. The number of rotatable bonds is 5. The van der Waals surface area contributed by atoms with Gasteiger partial charge in [0, 0.05) is 0 Å². The third-order valence-electron chi connectivity index (χ3n) is 1.82. The smallest absolute Gasteiger partial charge is 0.186 e. The summed E-state index contributed by atoms with van der Waals surface area (Å²) in [4.78, 5) is 11.0. The summed E-state index contributed by atoms with van der Waals surface area (Å²) in [6, 6.07) is 9.59. The average molecular weight is 194 g/mol. The molecule has 0 aliphatic rings. The Morgan fingerprint density at radius 1 is 1.43 bits per heavy atom. The Morgan fingerprint density at radius 3 is 2.64 bits per heavy atom. The first-order chi connectivity index (χ1) is 6.70. The van der Waals surface area contributed by atoms with Crippen molar-refractivity contribution in [2.45, 2.75) is 19.6 Å². The van der Waals surface area contributed by atoms with Gasteiger partial charge in [-0.15, -0.1) is 0 Å². The van der Waals surface area contributed by atoms with E-state index in [1.807, 2.05) is 30.3 Å². The van der Waals surface area contributed by atoms with Crippen LogP contribution in [-0.2, 0) is 16.1 Å². The van der Waals surface area contributed by atoms with Gasteiger partial charge in [-0.2, -0.15) is 0 Å². The third kappa shape index (κ3) is 3.68. The van der Waals surface area contributed by atoms with Crippen molar-refractivity contribution in [1.29, 1.82) is 0 Å². The zero-order chi connectivity index (χ0) is 10.4. The van der Waals surface area contributed by atoms with E-state index in [-0.39, 0.29) is 12.4 Å². The summed E-state index contributed by atoms with van der Waals surface area (Å²) in [7, 11) is 0. The zero-order valence-corrected chi connectivity index (χ0v) is 8.14. The van der Waals surface area contributed by atoms with Gasteiger partial charge in [0.25, 0.3) is 0 Å². The number of hydrogen-bond acceptors (Lipinski definition) is 3. The molecule has 0 aliphatic carbocycles. The minimum Gasteiger partial charge on any atom is -0.386 e. The maximum Gasteiger partial charge on any atom is 0.186 e. The van der Waals surface area contributed by atoms with Gasteiger partial charge >= 0.3 is 0 Å². The largest absolute Gasteiger partial charge is 0.386 e. The van der Waals surface area contributed by atoms with Gasteiger partial charge in [-0.25, -0.2) is 0 Å². The molecule has 3 nitrogen and oxygen atoms in total. The number of benzene rings is 1. The molecule has 1 aromatic rings. The van der Waals surface area contributed by atoms with E-state index in [0.717, 1.165) is 5.56 Å². The average Bonchev–Trinajstić information content (AvgIpc) is 2.19. The second kappa shape index (κ2) is 5.52. The Morgan fingerprint density at radius 2 is 2.07 bits per heavy atom. The summed E-state index contributed by atoms with van der Waals surface area (Å²) in [6.45, 7) is 1.81. The van der Waals surface area contributed by atoms with Crippen molar-refractivity contribution in [1.82, 2.24) is 0 Å². The van der Waals surface area contributed by atoms with Gasteiger partial charge in [0.2, 0.25) is 0 Å². The molecule has 0 spiro atoms. The number of aliphatic hydroxyl groups is 1. The van der Waals surface area contributed by atoms with E-state index in [9.17, 15) is 4.79 Å². The van der Waals surface area contributed by atoms with Gasteiger partial charge in [0.15, 0.2) is 5.78 Å². The van der Waals surface area contributed by atoms with E-state index >= 15 is 0 Å². The quantitative estimate of drug-likeness (QED) is 0.765. The lowest BCUT2D eigenvalue weighted by atomic mass is 10.2. The van der Waals surface area contributed by atoms with Crippen molar-refractivity contribution >= 4 is 5.78 Å². The molecule has 14 heavy (non-hydrogen) atoms. The van der Waals surface area contributed by atoms with E-state index < -0.39 is 6.10 Å². The molecule has 0 heterocycles. The summed E-state index contributed by atoms with van der Waals surface area (Å²) >= 11 is 0. The monoisotopic (exact) mass is 194 g/mol. The van der Waals surface area contributed by atoms with E-state index in [1.54, 1.807) is 0 Å². The number of carbonyl (C=O) groups is 1. The minimum atomic E-state index is -0.939. The van der Waals surface area contributed by atoms with Gasteiger partial charge in [-0.05, 0) is 12.5 Å². The van der Waals surface area contributed by atoms with Crippen molar-refractivity contribution in [3.8, 4) is 0 Å². The lowest BCUT2D eigenvalue weighted by molar-refractivity contribution is -0.131. The molecule has 1 rings (SSSR count). The number of carbonyl (C=O) groups excluding carboxylic acids is 1. The molecule has 1 atom stereocenters. The lowest BCUT2D eigenvalue weighted by Crippen LogP contribution is -2.21. The van der Waals surface area contributed by atoms with Crippen LogP contribution in [0.4, 0.5) is 0 Å². The van der Waals surface area contributed by atoms with E-state index in [0.29, 0.717) is 6.61 Å². The maximum atomic E-state index is 11.0. The van der Waals surface area contributed by atoms with Gasteiger partial charge < -0.3 is 9.84 Å². The SMILES string of the molecule is CC(O)C(=O)COCc1ccccc1. The Bertz CT molecular complexity index is 280. The fraction of sp³-hybridized carbons (Fsp3) is 0.364. The molecule has 0 saturated carbocycles. The van der Waals surface area contributed by atoms with E-state index in [2.05, 4.69) is 0 Å². The Kier molecular flexibility index (Phi) is 4.29. The molecule has 1 N–H and O–H groups in total. The molecular formula is C11H14O3. The van der Waals surface area contributed by atoms with Crippen LogP contribution in [0.1, 0.15) is 12.5 Å². The fourth-order valence-electron chi connectivity index (χ4n) is 0.964. The van der Waals surface area contributed by atoms with Crippen LogP contribution in [-0.4, -0.2) is 23.6 Å². The summed E-state index contributed by atoms with van der Waals surface area (Å²) in [6.07, 6.45) is -0.939. The second-order valence-electron chi connectivity index (χ2n) is 3.12. The van der Waals surface area contributed by atoms with E-state index in [1.165, 1.54) is 6.92 Å². The van der Waals surface area contributed by atoms with Crippen LogP contribution >= 0.6 is 0 Å². The van der Waals surface area contributed by atoms with Crippen LogP contribution in [0.5, 0.6) is 0 Å². The number of hydrogen-bond donors (Lipinski definition) is 1. The molecule has 76 valence electrons. The highest BCUT2D eigenvalue weighted by Crippen LogP contribution is 2.00. The van der Waals surface area contributed by atoms with E-state index in [4.69, 9.17) is 9.84 Å². The van der Waals surface area contributed by atoms with Crippen LogP contribution in [0, 0.1) is 0 Å². The highest BCUT2D eigenvalue weighted by Gasteiger charge is 2.08. The summed E-state index contributed by atoms with van der Waals surface area (Å²) in [5, 5.41) is 8.89. The molecule has 1 aromatic carbocycles. The lowest BCUT2D eigenvalue weighted by Gasteiger charge is -2.05. The van der Waals surface area contributed by atoms with Gasteiger partial charge in [0.05, 0.1) is 6.61 Å². The summed E-state index contributed by atoms with van der Waals surface area (Å²) < 4.78 is 5.13. The Hall–Kier alpha value is -1.19. The summed E-state index contributed by atoms with van der Waals surface area (Å²) in [5.41, 5.74) is 1.02. The first-order valence-electron chi connectivity index (χ1n) is 4.52. The van der Waals surface area contributed by atoms with Crippen molar-refractivity contribution in [2.24, 2.45) is 0 Å². The van der Waals surface area contributed by atoms with Gasteiger partial charge in [-0.1, -0.05) is 30.3 Å². The fourth-order valence-corrected chi connectivity index (χ4v) is 0.964. The third-order valence-corrected chi connectivity index (χ3v) is 1.82. The van der Waals surface area contributed by atoms with Crippen LogP contribution in [0.3, 0.4) is 0 Å². The van der Waals surface area contributed by atoms with Crippen LogP contribution in [0.25, 0.3) is 0 Å². The number of Topliss-reactive ketones (excluding diaryl/α,β-unsaturated/α-hetero) is 1. The van der Waals surface area contributed by atoms with Crippen molar-refractivity contribution in [2.75, 3.05) is 6.61 Å². The maximum absolute atomic E-state index is 11.0. The standard InChI is InChI=1S/C11H14O3/c1-9(12)11(13)8-14-7-10-5-3-2-4-6-10/h2-6,9,12H,7-8H2,1H3. The topological polar surface area (TPSA) is 46.5 Å². The Balaban J connectivity index is 2.26. The van der Waals surface area contributed by atoms with Crippen molar-refractivity contribution in [3.05, 3.63) is 35.9 Å².